The molecular formula is C34H66N4O9. The molecule has 0 fully saturated rings. The van der Waals surface area contributed by atoms with Gasteiger partial charge in [-0.25, -0.2) is 0 Å². The quantitative estimate of drug-likeness (QED) is 0.0264. The Kier molecular flexibility index (Phi) is 33.8. The van der Waals surface area contributed by atoms with E-state index in [1.54, 1.807) is 0 Å². The van der Waals surface area contributed by atoms with E-state index >= 15 is 0 Å². The molecule has 0 aromatic rings. The number of azide groups is 1. The van der Waals surface area contributed by atoms with Crippen molar-refractivity contribution >= 4 is 11.9 Å². The lowest BCUT2D eigenvalue weighted by molar-refractivity contribution is -0.154. The number of ether oxygens (including phenoxy) is 7. The summed E-state index contributed by atoms with van der Waals surface area (Å²) in [4.78, 5) is 26.3. The Morgan fingerprint density at radius 2 is 0.915 bits per heavy atom. The Labute approximate surface area is 284 Å². The molecule has 0 heterocycles. The smallest absolute Gasteiger partial charge is 0.306 e. The van der Waals surface area contributed by atoms with Gasteiger partial charge in [0.1, 0.15) is 5.60 Å². The summed E-state index contributed by atoms with van der Waals surface area (Å²) in [6.07, 6.45) is 15.2. The highest BCUT2D eigenvalue weighted by Gasteiger charge is 2.15. The van der Waals surface area contributed by atoms with Gasteiger partial charge in [0, 0.05) is 30.8 Å². The van der Waals surface area contributed by atoms with Gasteiger partial charge in [-0.15, -0.1) is 0 Å². The summed E-state index contributed by atoms with van der Waals surface area (Å²) in [7, 11) is 0. The van der Waals surface area contributed by atoms with Gasteiger partial charge >= 0.3 is 5.97 Å². The van der Waals surface area contributed by atoms with Crippen LogP contribution in [0.4, 0.5) is 0 Å². The molecule has 0 aromatic carbocycles. The third-order valence-corrected chi connectivity index (χ3v) is 6.78. The number of rotatable bonds is 36. The minimum atomic E-state index is -0.384. The number of hydrogen-bond acceptors (Lipinski definition) is 10. The summed E-state index contributed by atoms with van der Waals surface area (Å²) in [5, 5.41) is 6.29. The average molecular weight is 675 g/mol. The molecule has 0 atom stereocenters. The standard InChI is InChI=1S/C34H66N4O9/c1-34(2,3)47-33(40)17-15-13-11-9-7-5-4-6-8-10-12-14-16-32(39)36-18-20-41-22-24-43-26-28-45-30-31-46-29-27-44-25-23-42-21-19-37-38-35/h4-31H2,1-3H3,(H,36,39). The number of unbranched alkanes of at least 4 members (excludes halogenated alkanes) is 11. The zero-order chi connectivity index (χ0) is 34.5. The molecule has 47 heavy (non-hydrogen) atoms. The van der Waals surface area contributed by atoms with Crippen molar-refractivity contribution in [3.05, 3.63) is 10.4 Å². The van der Waals surface area contributed by atoms with Crippen molar-refractivity contribution in [2.45, 2.75) is 116 Å². The van der Waals surface area contributed by atoms with Gasteiger partial charge < -0.3 is 38.5 Å². The number of nitrogens with zero attached hydrogens (tertiary/aromatic N) is 3. The van der Waals surface area contributed by atoms with E-state index in [1.807, 2.05) is 20.8 Å². The van der Waals surface area contributed by atoms with Crippen LogP contribution in [0.2, 0.25) is 0 Å². The SMILES string of the molecule is CC(C)(C)OC(=O)CCCCCCCCCCCCCCC(=O)NCCOCCOCCOCCOCCOCCOCCN=[N+]=[N-]. The monoisotopic (exact) mass is 674 g/mol. The predicted molar refractivity (Wildman–Crippen MR) is 182 cm³/mol. The summed E-state index contributed by atoms with van der Waals surface area (Å²) < 4.78 is 37.8. The molecular weight excluding hydrogens is 608 g/mol. The second-order valence-electron chi connectivity index (χ2n) is 12.3. The van der Waals surface area contributed by atoms with Crippen LogP contribution in [0, 0.1) is 0 Å². The maximum Gasteiger partial charge on any atom is 0.306 e. The molecule has 276 valence electrons. The predicted octanol–water partition coefficient (Wildman–Crippen LogP) is 6.32. The Hall–Kier alpha value is -1.99. The van der Waals surface area contributed by atoms with E-state index < -0.39 is 0 Å². The molecule has 0 radical (unpaired) electrons. The highest BCUT2D eigenvalue weighted by molar-refractivity contribution is 5.75. The van der Waals surface area contributed by atoms with E-state index in [4.69, 9.17) is 38.7 Å². The van der Waals surface area contributed by atoms with Crippen LogP contribution in [0.5, 0.6) is 0 Å². The number of hydrogen-bond donors (Lipinski definition) is 1. The second-order valence-corrected chi connectivity index (χ2v) is 12.3. The third-order valence-electron chi connectivity index (χ3n) is 6.78. The highest BCUT2D eigenvalue weighted by atomic mass is 16.6. The van der Waals surface area contributed by atoms with E-state index in [2.05, 4.69) is 15.3 Å². The van der Waals surface area contributed by atoms with E-state index in [9.17, 15) is 9.59 Å². The first-order chi connectivity index (χ1) is 22.8. The van der Waals surface area contributed by atoms with Crippen molar-refractivity contribution in [2.24, 2.45) is 5.11 Å². The van der Waals surface area contributed by atoms with Crippen LogP contribution in [0.25, 0.3) is 10.4 Å². The normalized spacial score (nSPS) is 11.4. The number of carbonyl (C=O) groups excluding carboxylic acids is 2. The van der Waals surface area contributed by atoms with Gasteiger partial charge in [0.15, 0.2) is 0 Å². The molecule has 0 unspecified atom stereocenters. The topological polar surface area (TPSA) is 160 Å². The van der Waals surface area contributed by atoms with Crippen LogP contribution in [-0.2, 0) is 42.7 Å². The largest absolute Gasteiger partial charge is 0.460 e. The van der Waals surface area contributed by atoms with Gasteiger partial charge in [-0.2, -0.15) is 0 Å². The van der Waals surface area contributed by atoms with Crippen molar-refractivity contribution < 1.29 is 42.7 Å². The minimum absolute atomic E-state index is 0.0829. The van der Waals surface area contributed by atoms with Crippen LogP contribution in [0.15, 0.2) is 5.11 Å². The van der Waals surface area contributed by atoms with Gasteiger partial charge in [-0.05, 0) is 39.1 Å². The number of esters is 1. The van der Waals surface area contributed by atoms with E-state index in [0.29, 0.717) is 105 Å². The molecule has 0 aliphatic heterocycles. The summed E-state index contributed by atoms with van der Waals surface area (Å²) in [5.41, 5.74) is 7.76. The van der Waals surface area contributed by atoms with E-state index in [-0.39, 0.29) is 17.5 Å². The van der Waals surface area contributed by atoms with Crippen LogP contribution in [0.1, 0.15) is 111 Å². The minimum Gasteiger partial charge on any atom is -0.460 e. The van der Waals surface area contributed by atoms with Crippen molar-refractivity contribution in [1.29, 1.82) is 0 Å². The van der Waals surface area contributed by atoms with E-state index in [1.165, 1.54) is 51.4 Å². The third kappa shape index (κ3) is 40.1. The van der Waals surface area contributed by atoms with Crippen molar-refractivity contribution in [2.75, 3.05) is 92.4 Å². The van der Waals surface area contributed by atoms with Crippen LogP contribution >= 0.6 is 0 Å². The lowest BCUT2D eigenvalue weighted by Gasteiger charge is -2.19. The van der Waals surface area contributed by atoms with Gasteiger partial charge in [0.05, 0.1) is 79.3 Å². The van der Waals surface area contributed by atoms with Gasteiger partial charge in [0.2, 0.25) is 5.91 Å². The molecule has 0 aliphatic rings. The first-order valence-corrected chi connectivity index (χ1v) is 17.8. The fourth-order valence-corrected chi connectivity index (χ4v) is 4.42. The van der Waals surface area contributed by atoms with Crippen molar-refractivity contribution in [3.8, 4) is 0 Å². The Balaban J connectivity index is 3.21. The molecule has 0 rings (SSSR count). The molecule has 1 amide bonds. The van der Waals surface area contributed by atoms with Crippen LogP contribution < -0.4 is 5.32 Å². The highest BCUT2D eigenvalue weighted by Crippen LogP contribution is 2.14. The summed E-state index contributed by atoms with van der Waals surface area (Å²) in [6.45, 7) is 12.3. The van der Waals surface area contributed by atoms with Gasteiger partial charge in [0.25, 0.3) is 0 Å². The van der Waals surface area contributed by atoms with Crippen molar-refractivity contribution in [3.63, 3.8) is 0 Å². The van der Waals surface area contributed by atoms with Gasteiger partial charge in [-0.1, -0.05) is 69.3 Å². The lowest BCUT2D eigenvalue weighted by Crippen LogP contribution is -2.27. The number of nitrogens with one attached hydrogen (secondary N) is 1. The van der Waals surface area contributed by atoms with Gasteiger partial charge in [-0.3, -0.25) is 9.59 Å². The Morgan fingerprint density at radius 1 is 0.553 bits per heavy atom. The van der Waals surface area contributed by atoms with Crippen LogP contribution in [0.3, 0.4) is 0 Å². The first kappa shape index (κ1) is 45.0. The molecule has 13 heteroatoms. The summed E-state index contributed by atoms with van der Waals surface area (Å²) >= 11 is 0. The molecule has 0 aliphatic carbocycles. The molecule has 1 N–H and O–H groups in total. The maximum absolute atomic E-state index is 12.0. The number of amides is 1. The fourth-order valence-electron chi connectivity index (χ4n) is 4.42. The molecule has 0 bridgehead atoms. The van der Waals surface area contributed by atoms with Crippen LogP contribution in [-0.4, -0.2) is 110 Å². The number of carbonyl (C=O) groups is 2. The first-order valence-electron chi connectivity index (χ1n) is 17.8. The van der Waals surface area contributed by atoms with Crippen molar-refractivity contribution in [1.82, 2.24) is 5.32 Å². The van der Waals surface area contributed by atoms with E-state index in [0.717, 1.165) is 25.7 Å². The molecule has 0 saturated heterocycles. The summed E-state index contributed by atoms with van der Waals surface area (Å²) in [5.74, 6) is 0.00927. The zero-order valence-corrected chi connectivity index (χ0v) is 29.8. The Bertz CT molecular complexity index is 762. The Morgan fingerprint density at radius 3 is 1.32 bits per heavy atom. The molecule has 0 saturated carbocycles. The molecule has 13 nitrogen and oxygen atoms in total. The molecule has 0 spiro atoms. The lowest BCUT2D eigenvalue weighted by atomic mass is 10.0. The zero-order valence-electron chi connectivity index (χ0n) is 29.8. The fraction of sp³-hybridized carbons (Fsp3) is 0.941. The second kappa shape index (κ2) is 35.3. The molecule has 0 aromatic heterocycles. The summed E-state index contributed by atoms with van der Waals surface area (Å²) in [6, 6.07) is 0. The maximum atomic E-state index is 12.0. The average Bonchev–Trinajstić information content (AvgIpc) is 3.02.